The van der Waals surface area contributed by atoms with Crippen molar-refractivity contribution in [1.82, 2.24) is 15.3 Å². The van der Waals surface area contributed by atoms with Gasteiger partial charge in [-0.2, -0.15) is 0 Å². The smallest absolute Gasteiger partial charge is 0.320 e. The predicted molar refractivity (Wildman–Crippen MR) is 63.2 cm³/mol. The molecule has 0 bridgehead atoms. The molecule has 0 fully saturated rings. The van der Waals surface area contributed by atoms with Crippen LogP contribution in [0, 0.1) is 12.8 Å². The van der Waals surface area contributed by atoms with Gasteiger partial charge in [0.25, 0.3) is 0 Å². The number of nitrogens with zero attached hydrogens (tertiary/aromatic N) is 2. The summed E-state index contributed by atoms with van der Waals surface area (Å²) in [4.78, 5) is 19.6. The van der Waals surface area contributed by atoms with Gasteiger partial charge in [-0.3, -0.25) is 5.32 Å². The molecule has 2 amide bonds. The van der Waals surface area contributed by atoms with Crippen LogP contribution in [0.2, 0.25) is 0 Å². The van der Waals surface area contributed by atoms with Crippen molar-refractivity contribution in [1.29, 1.82) is 0 Å². The molecule has 0 aliphatic heterocycles. The summed E-state index contributed by atoms with van der Waals surface area (Å²) < 4.78 is 0. The van der Waals surface area contributed by atoms with Crippen LogP contribution in [0.15, 0.2) is 12.3 Å². The van der Waals surface area contributed by atoms with E-state index in [-0.39, 0.29) is 12.1 Å². The molecule has 16 heavy (non-hydrogen) atoms. The van der Waals surface area contributed by atoms with Crippen molar-refractivity contribution < 1.29 is 4.79 Å². The first kappa shape index (κ1) is 12.4. The fourth-order valence-electron chi connectivity index (χ4n) is 1.05. The second-order valence-electron chi connectivity index (χ2n) is 4.12. The highest BCUT2D eigenvalue weighted by atomic mass is 16.2. The highest BCUT2D eigenvalue weighted by Crippen LogP contribution is 2.03. The number of hydrogen-bond donors (Lipinski definition) is 2. The third-order valence-electron chi connectivity index (χ3n) is 2.38. The van der Waals surface area contributed by atoms with Gasteiger partial charge in [0.1, 0.15) is 11.6 Å². The Morgan fingerprint density at radius 2 is 2.06 bits per heavy atom. The van der Waals surface area contributed by atoms with E-state index in [0.717, 1.165) is 0 Å². The average molecular weight is 222 g/mol. The molecule has 0 aromatic carbocycles. The first-order valence-electron chi connectivity index (χ1n) is 5.36. The van der Waals surface area contributed by atoms with Gasteiger partial charge in [0.15, 0.2) is 0 Å². The summed E-state index contributed by atoms with van der Waals surface area (Å²) in [6, 6.07) is 1.55. The van der Waals surface area contributed by atoms with E-state index >= 15 is 0 Å². The minimum absolute atomic E-state index is 0.128. The monoisotopic (exact) mass is 222 g/mol. The molecule has 88 valence electrons. The molecule has 1 atom stereocenters. The molecule has 0 unspecified atom stereocenters. The molecule has 2 N–H and O–H groups in total. The summed E-state index contributed by atoms with van der Waals surface area (Å²) in [5, 5.41) is 5.50. The lowest BCUT2D eigenvalue weighted by Crippen LogP contribution is -2.39. The van der Waals surface area contributed by atoms with Gasteiger partial charge in [0.2, 0.25) is 0 Å². The molecule has 1 rings (SSSR count). The van der Waals surface area contributed by atoms with E-state index in [9.17, 15) is 4.79 Å². The van der Waals surface area contributed by atoms with Crippen LogP contribution in [0.3, 0.4) is 0 Å². The molecule has 1 heterocycles. The molecule has 0 aliphatic rings. The van der Waals surface area contributed by atoms with Crippen LogP contribution in [0.4, 0.5) is 10.6 Å². The molecule has 0 spiro atoms. The first-order valence-corrected chi connectivity index (χ1v) is 5.36. The Hall–Kier alpha value is -1.65. The average Bonchev–Trinajstić information content (AvgIpc) is 2.16. The zero-order valence-electron chi connectivity index (χ0n) is 10.1. The van der Waals surface area contributed by atoms with Crippen LogP contribution in [0.1, 0.15) is 26.6 Å². The fourth-order valence-corrected chi connectivity index (χ4v) is 1.05. The van der Waals surface area contributed by atoms with Crippen molar-refractivity contribution in [3.05, 3.63) is 18.1 Å². The minimum atomic E-state index is -0.237. The molecule has 0 radical (unpaired) electrons. The number of carbonyl (C=O) groups excluding carboxylic acids is 1. The highest BCUT2D eigenvalue weighted by molar-refractivity contribution is 5.88. The lowest BCUT2D eigenvalue weighted by atomic mass is 10.1. The number of nitrogens with one attached hydrogen (secondary N) is 2. The van der Waals surface area contributed by atoms with E-state index in [1.807, 2.05) is 6.92 Å². The standard InChI is InChI=1S/C11H18N4O/c1-7(2)8(3)13-11(16)15-10-5-6-12-9(4)14-10/h5-8H,1-4H3,(H2,12,13,14,15,16)/t8-/m1/s1. The van der Waals surface area contributed by atoms with E-state index in [0.29, 0.717) is 17.6 Å². The van der Waals surface area contributed by atoms with Gasteiger partial charge < -0.3 is 5.32 Å². The van der Waals surface area contributed by atoms with Crippen molar-refractivity contribution in [2.45, 2.75) is 33.7 Å². The van der Waals surface area contributed by atoms with Crippen molar-refractivity contribution in [2.24, 2.45) is 5.92 Å². The Bertz CT molecular complexity index is 365. The van der Waals surface area contributed by atoms with E-state index < -0.39 is 0 Å². The number of aryl methyl sites for hydroxylation is 1. The Balaban J connectivity index is 2.52. The van der Waals surface area contributed by atoms with E-state index in [1.165, 1.54) is 0 Å². The lowest BCUT2D eigenvalue weighted by Gasteiger charge is -2.17. The third kappa shape index (κ3) is 3.84. The Morgan fingerprint density at radius 1 is 1.38 bits per heavy atom. The number of hydrogen-bond acceptors (Lipinski definition) is 3. The Kier molecular flexibility index (Phi) is 4.22. The second-order valence-corrected chi connectivity index (χ2v) is 4.12. The van der Waals surface area contributed by atoms with E-state index in [1.54, 1.807) is 19.2 Å². The first-order chi connectivity index (χ1) is 7.49. The molecule has 1 aromatic rings. The Labute approximate surface area is 95.7 Å². The molecule has 0 saturated carbocycles. The lowest BCUT2D eigenvalue weighted by molar-refractivity contribution is 0.246. The number of carbonyl (C=O) groups is 1. The number of aromatic nitrogens is 2. The van der Waals surface area contributed by atoms with Crippen LogP contribution >= 0.6 is 0 Å². The summed E-state index contributed by atoms with van der Waals surface area (Å²) in [7, 11) is 0. The van der Waals surface area contributed by atoms with Crippen molar-refractivity contribution in [3.8, 4) is 0 Å². The second kappa shape index (κ2) is 5.44. The van der Waals surface area contributed by atoms with Crippen LogP contribution in [0.5, 0.6) is 0 Å². The molecule has 5 nitrogen and oxygen atoms in total. The van der Waals surface area contributed by atoms with Gasteiger partial charge in [-0.15, -0.1) is 0 Å². The zero-order chi connectivity index (χ0) is 12.1. The largest absolute Gasteiger partial charge is 0.335 e. The molecule has 0 saturated heterocycles. The number of amides is 2. The van der Waals surface area contributed by atoms with Gasteiger partial charge in [-0.1, -0.05) is 13.8 Å². The normalized spacial score (nSPS) is 12.3. The summed E-state index contributed by atoms with van der Waals surface area (Å²) >= 11 is 0. The van der Waals surface area contributed by atoms with Crippen LogP contribution in [-0.4, -0.2) is 22.0 Å². The predicted octanol–water partition coefficient (Wildman–Crippen LogP) is 1.95. The fraction of sp³-hybridized carbons (Fsp3) is 0.545. The molecule has 0 aliphatic carbocycles. The summed E-state index contributed by atoms with van der Waals surface area (Å²) in [6.07, 6.45) is 1.61. The van der Waals surface area contributed by atoms with Crippen LogP contribution < -0.4 is 10.6 Å². The van der Waals surface area contributed by atoms with Crippen molar-refractivity contribution in [2.75, 3.05) is 5.32 Å². The topological polar surface area (TPSA) is 66.9 Å². The number of urea groups is 1. The molecular formula is C11H18N4O. The third-order valence-corrected chi connectivity index (χ3v) is 2.38. The SMILES string of the molecule is Cc1nccc(NC(=O)N[C@H](C)C(C)C)n1. The maximum Gasteiger partial charge on any atom is 0.320 e. The van der Waals surface area contributed by atoms with Gasteiger partial charge in [-0.25, -0.2) is 14.8 Å². The van der Waals surface area contributed by atoms with Crippen LogP contribution in [-0.2, 0) is 0 Å². The van der Waals surface area contributed by atoms with Gasteiger partial charge in [0, 0.05) is 12.2 Å². The maximum absolute atomic E-state index is 11.6. The number of rotatable bonds is 3. The minimum Gasteiger partial charge on any atom is -0.335 e. The van der Waals surface area contributed by atoms with E-state index in [4.69, 9.17) is 0 Å². The molecular weight excluding hydrogens is 204 g/mol. The Morgan fingerprint density at radius 3 is 2.62 bits per heavy atom. The zero-order valence-corrected chi connectivity index (χ0v) is 10.1. The van der Waals surface area contributed by atoms with Crippen LogP contribution in [0.25, 0.3) is 0 Å². The van der Waals surface area contributed by atoms with E-state index in [2.05, 4.69) is 34.4 Å². The quantitative estimate of drug-likeness (QED) is 0.821. The van der Waals surface area contributed by atoms with Crippen molar-refractivity contribution >= 4 is 11.8 Å². The highest BCUT2D eigenvalue weighted by Gasteiger charge is 2.10. The summed E-state index contributed by atoms with van der Waals surface area (Å²) in [5.74, 6) is 1.55. The molecule has 1 aromatic heterocycles. The van der Waals surface area contributed by atoms with Gasteiger partial charge in [0.05, 0.1) is 0 Å². The van der Waals surface area contributed by atoms with Gasteiger partial charge >= 0.3 is 6.03 Å². The van der Waals surface area contributed by atoms with Gasteiger partial charge in [-0.05, 0) is 25.8 Å². The van der Waals surface area contributed by atoms with Crippen molar-refractivity contribution in [3.63, 3.8) is 0 Å². The summed E-state index contributed by atoms with van der Waals surface area (Å²) in [5.41, 5.74) is 0. The summed E-state index contributed by atoms with van der Waals surface area (Å²) in [6.45, 7) is 7.86. The number of anilines is 1. The molecule has 5 heteroatoms. The maximum atomic E-state index is 11.6.